The first-order valence-electron chi connectivity index (χ1n) is 7.55. The second-order valence-electron chi connectivity index (χ2n) is 5.48. The van der Waals surface area contributed by atoms with Gasteiger partial charge in [0.1, 0.15) is 0 Å². The van der Waals surface area contributed by atoms with Crippen molar-refractivity contribution < 1.29 is 5.11 Å². The molecule has 0 aliphatic heterocycles. The van der Waals surface area contributed by atoms with Crippen molar-refractivity contribution in [3.05, 3.63) is 71.4 Å². The van der Waals surface area contributed by atoms with Gasteiger partial charge in [0, 0.05) is 23.3 Å². The van der Waals surface area contributed by atoms with E-state index in [4.69, 9.17) is 5.11 Å². The Labute approximate surface area is 130 Å². The highest BCUT2D eigenvalue weighted by molar-refractivity contribution is 5.91. The van der Waals surface area contributed by atoms with Crippen LogP contribution in [0.15, 0.2) is 54.6 Å². The van der Waals surface area contributed by atoms with Gasteiger partial charge in [-0.1, -0.05) is 42.5 Å². The van der Waals surface area contributed by atoms with Crippen LogP contribution in [0.5, 0.6) is 0 Å². The van der Waals surface area contributed by atoms with E-state index in [1.165, 1.54) is 5.56 Å². The van der Waals surface area contributed by atoms with Gasteiger partial charge in [0.25, 0.3) is 0 Å². The summed E-state index contributed by atoms with van der Waals surface area (Å²) in [6.07, 6.45) is 0.946. The Morgan fingerprint density at radius 3 is 2.50 bits per heavy atom. The number of anilines is 1. The quantitative estimate of drug-likeness (QED) is 0.754. The molecule has 0 bridgehead atoms. The fourth-order valence-corrected chi connectivity index (χ4v) is 2.61. The van der Waals surface area contributed by atoms with E-state index < -0.39 is 0 Å². The average Bonchev–Trinajstić information content (AvgIpc) is 2.55. The highest BCUT2D eigenvalue weighted by atomic mass is 16.3. The first kappa shape index (κ1) is 14.5. The first-order valence-corrected chi connectivity index (χ1v) is 7.55. The molecule has 0 aliphatic rings. The largest absolute Gasteiger partial charge is 0.392 e. The summed E-state index contributed by atoms with van der Waals surface area (Å²) in [6.45, 7) is 2.98. The molecular weight excluding hydrogens is 272 g/mol. The lowest BCUT2D eigenvalue weighted by molar-refractivity contribution is 0.282. The number of pyridine rings is 1. The normalized spacial score (nSPS) is 10.8. The van der Waals surface area contributed by atoms with E-state index in [2.05, 4.69) is 34.6 Å². The van der Waals surface area contributed by atoms with Crippen LogP contribution in [0.3, 0.4) is 0 Å². The van der Waals surface area contributed by atoms with Crippen molar-refractivity contribution in [2.24, 2.45) is 0 Å². The summed E-state index contributed by atoms with van der Waals surface area (Å²) in [4.78, 5) is 4.56. The zero-order valence-corrected chi connectivity index (χ0v) is 12.7. The Balaban J connectivity index is 1.71. The van der Waals surface area contributed by atoms with Crippen molar-refractivity contribution in [2.45, 2.75) is 20.0 Å². The van der Waals surface area contributed by atoms with E-state index >= 15 is 0 Å². The van der Waals surface area contributed by atoms with Gasteiger partial charge < -0.3 is 10.4 Å². The third kappa shape index (κ3) is 3.26. The topological polar surface area (TPSA) is 45.1 Å². The van der Waals surface area contributed by atoms with E-state index in [-0.39, 0.29) is 6.61 Å². The van der Waals surface area contributed by atoms with Gasteiger partial charge in [-0.2, -0.15) is 0 Å². The molecule has 0 spiro atoms. The minimum atomic E-state index is 0.0980. The highest BCUT2D eigenvalue weighted by Gasteiger charge is 2.03. The molecule has 0 fully saturated rings. The van der Waals surface area contributed by atoms with Crippen molar-refractivity contribution >= 4 is 16.6 Å². The van der Waals surface area contributed by atoms with E-state index in [0.29, 0.717) is 0 Å². The van der Waals surface area contributed by atoms with Gasteiger partial charge in [-0.25, -0.2) is 0 Å². The van der Waals surface area contributed by atoms with Gasteiger partial charge in [-0.3, -0.25) is 4.98 Å². The number of aromatic nitrogens is 1. The van der Waals surface area contributed by atoms with Crippen molar-refractivity contribution in [3.8, 4) is 0 Å². The molecule has 0 aliphatic carbocycles. The molecule has 22 heavy (non-hydrogen) atoms. The van der Waals surface area contributed by atoms with Crippen LogP contribution < -0.4 is 5.32 Å². The predicted molar refractivity (Wildman–Crippen MR) is 91.0 cm³/mol. The Hall–Kier alpha value is -2.39. The van der Waals surface area contributed by atoms with E-state index in [1.54, 1.807) is 0 Å². The molecule has 1 heterocycles. The molecule has 0 saturated carbocycles. The number of fused-ring (bicyclic) bond motifs is 1. The molecule has 0 atom stereocenters. The Morgan fingerprint density at radius 1 is 1.00 bits per heavy atom. The number of rotatable bonds is 5. The van der Waals surface area contributed by atoms with Gasteiger partial charge in [-0.15, -0.1) is 0 Å². The highest BCUT2D eigenvalue weighted by Crippen LogP contribution is 2.22. The summed E-state index contributed by atoms with van der Waals surface area (Å²) in [7, 11) is 0. The van der Waals surface area contributed by atoms with E-state index in [9.17, 15) is 0 Å². The fraction of sp³-hybridized carbons (Fsp3) is 0.211. The summed E-state index contributed by atoms with van der Waals surface area (Å²) in [5.41, 5.74) is 5.40. The molecular formula is C19H20N2O. The number of nitrogens with one attached hydrogen (secondary N) is 1. The van der Waals surface area contributed by atoms with Gasteiger partial charge >= 0.3 is 0 Å². The lowest BCUT2D eigenvalue weighted by Crippen LogP contribution is -2.06. The number of nitrogens with zero attached hydrogens (tertiary/aromatic N) is 1. The zero-order valence-electron chi connectivity index (χ0n) is 12.7. The summed E-state index contributed by atoms with van der Waals surface area (Å²) in [6, 6.07) is 18.4. The summed E-state index contributed by atoms with van der Waals surface area (Å²) < 4.78 is 0. The standard InChI is InChI=1S/C19H20N2O/c1-14-12-19(17-4-2-3-5-18(17)21-14)20-11-10-15-6-8-16(13-22)9-7-15/h2-9,12,22H,10-11,13H2,1H3,(H,20,21). The van der Waals surface area contributed by atoms with Crippen LogP contribution >= 0.6 is 0 Å². The lowest BCUT2D eigenvalue weighted by Gasteiger charge is -2.11. The van der Waals surface area contributed by atoms with Crippen molar-refractivity contribution in [2.75, 3.05) is 11.9 Å². The Bertz CT molecular complexity index is 766. The minimum Gasteiger partial charge on any atom is -0.392 e. The third-order valence-corrected chi connectivity index (χ3v) is 3.78. The molecule has 0 saturated heterocycles. The fourth-order valence-electron chi connectivity index (χ4n) is 2.61. The van der Waals surface area contributed by atoms with Gasteiger partial charge in [0.15, 0.2) is 0 Å². The van der Waals surface area contributed by atoms with Crippen molar-refractivity contribution in [1.82, 2.24) is 4.98 Å². The van der Waals surface area contributed by atoms with Gasteiger partial charge in [0.05, 0.1) is 12.1 Å². The van der Waals surface area contributed by atoms with E-state index in [0.717, 1.165) is 40.8 Å². The summed E-state index contributed by atoms with van der Waals surface area (Å²) in [5.74, 6) is 0. The molecule has 1 aromatic heterocycles. The number of aryl methyl sites for hydroxylation is 1. The molecule has 2 aromatic carbocycles. The van der Waals surface area contributed by atoms with Crippen molar-refractivity contribution in [3.63, 3.8) is 0 Å². The molecule has 2 N–H and O–H groups in total. The van der Waals surface area contributed by atoms with Crippen LogP contribution in [-0.4, -0.2) is 16.6 Å². The minimum absolute atomic E-state index is 0.0980. The molecule has 3 aromatic rings. The second-order valence-corrected chi connectivity index (χ2v) is 5.48. The van der Waals surface area contributed by atoms with Crippen LogP contribution in [0.1, 0.15) is 16.8 Å². The average molecular weight is 292 g/mol. The molecule has 112 valence electrons. The van der Waals surface area contributed by atoms with Gasteiger partial charge in [0.2, 0.25) is 0 Å². The molecule has 0 radical (unpaired) electrons. The molecule has 3 nitrogen and oxygen atoms in total. The third-order valence-electron chi connectivity index (χ3n) is 3.78. The maximum Gasteiger partial charge on any atom is 0.0725 e. The van der Waals surface area contributed by atoms with Crippen LogP contribution in [0.25, 0.3) is 10.9 Å². The number of aliphatic hydroxyl groups excluding tert-OH is 1. The molecule has 3 rings (SSSR count). The SMILES string of the molecule is Cc1cc(NCCc2ccc(CO)cc2)c2ccccc2n1. The van der Waals surface area contributed by atoms with Crippen LogP contribution in [0.2, 0.25) is 0 Å². The lowest BCUT2D eigenvalue weighted by atomic mass is 10.1. The maximum absolute atomic E-state index is 9.06. The predicted octanol–water partition coefficient (Wildman–Crippen LogP) is 3.69. The molecule has 3 heteroatoms. The summed E-state index contributed by atoms with van der Waals surface area (Å²) >= 11 is 0. The monoisotopic (exact) mass is 292 g/mol. The first-order chi connectivity index (χ1) is 10.8. The number of benzene rings is 2. The van der Waals surface area contributed by atoms with Crippen LogP contribution in [0, 0.1) is 6.92 Å². The van der Waals surface area contributed by atoms with Gasteiger partial charge in [-0.05, 0) is 36.6 Å². The number of hydrogen-bond donors (Lipinski definition) is 2. The smallest absolute Gasteiger partial charge is 0.0725 e. The molecule has 0 unspecified atom stereocenters. The Morgan fingerprint density at radius 2 is 1.73 bits per heavy atom. The zero-order chi connectivity index (χ0) is 15.4. The summed E-state index contributed by atoms with van der Waals surface area (Å²) in [5, 5.41) is 13.7. The van der Waals surface area contributed by atoms with Crippen molar-refractivity contribution in [1.29, 1.82) is 0 Å². The van der Waals surface area contributed by atoms with E-state index in [1.807, 2.05) is 37.3 Å². The number of aliphatic hydroxyl groups is 1. The van der Waals surface area contributed by atoms with Crippen LogP contribution in [0.4, 0.5) is 5.69 Å². The number of para-hydroxylation sites is 1. The maximum atomic E-state index is 9.06. The number of hydrogen-bond acceptors (Lipinski definition) is 3. The Kier molecular flexibility index (Phi) is 4.35. The molecule has 0 amide bonds. The second kappa shape index (κ2) is 6.58. The van der Waals surface area contributed by atoms with Crippen LogP contribution in [-0.2, 0) is 13.0 Å².